The summed E-state index contributed by atoms with van der Waals surface area (Å²) in [6.07, 6.45) is 0. The minimum absolute atomic E-state index is 0.131. The number of carbonyl (C=O) groups excluding carboxylic acids is 1. The first-order valence-corrected chi connectivity index (χ1v) is 5.88. The zero-order valence-electron chi connectivity index (χ0n) is 10.6. The van der Waals surface area contributed by atoms with Gasteiger partial charge in [-0.05, 0) is 18.1 Å². The number of rotatable bonds is 4. The molecule has 6 heteroatoms. The van der Waals surface area contributed by atoms with Crippen LogP contribution >= 0.6 is 0 Å². The number of nitrogens with zero attached hydrogens (tertiary/aromatic N) is 1. The Bertz CT molecular complexity index is 585. The van der Waals surface area contributed by atoms with Crippen LogP contribution in [0, 0.1) is 5.92 Å². The molecular formula is C13H14N2O4. The normalized spacial score (nSPS) is 12.6. The van der Waals surface area contributed by atoms with Crippen LogP contribution in [0.3, 0.4) is 0 Å². The van der Waals surface area contributed by atoms with Crippen molar-refractivity contribution in [2.45, 2.75) is 19.9 Å². The standard InChI is InChI=1S/C13H14N2O4/c1-7(2)10(13(17)18)15-11(16)12-14-8-5-3-4-6-9(8)19-12/h3-7,10H,1-2H3,(H,15,16)(H,17,18). The Hall–Kier alpha value is -2.37. The van der Waals surface area contributed by atoms with Crippen LogP contribution in [0.4, 0.5) is 0 Å². The fourth-order valence-corrected chi connectivity index (χ4v) is 1.69. The Kier molecular flexibility index (Phi) is 3.50. The average Bonchev–Trinajstić information content (AvgIpc) is 2.78. The molecule has 0 saturated heterocycles. The van der Waals surface area contributed by atoms with Crippen molar-refractivity contribution >= 4 is 23.0 Å². The molecule has 0 aliphatic heterocycles. The van der Waals surface area contributed by atoms with Gasteiger partial charge in [-0.3, -0.25) is 4.79 Å². The average molecular weight is 262 g/mol. The second-order valence-electron chi connectivity index (χ2n) is 4.52. The number of benzene rings is 1. The van der Waals surface area contributed by atoms with E-state index in [9.17, 15) is 9.59 Å². The Balaban J connectivity index is 2.21. The van der Waals surface area contributed by atoms with E-state index in [1.54, 1.807) is 38.1 Å². The number of amides is 1. The van der Waals surface area contributed by atoms with Crippen LogP contribution in [-0.2, 0) is 4.79 Å². The van der Waals surface area contributed by atoms with Crippen LogP contribution in [0.2, 0.25) is 0 Å². The third kappa shape index (κ3) is 2.73. The molecule has 0 saturated carbocycles. The molecule has 2 aromatic rings. The van der Waals surface area contributed by atoms with Gasteiger partial charge >= 0.3 is 11.9 Å². The Morgan fingerprint density at radius 1 is 1.32 bits per heavy atom. The minimum Gasteiger partial charge on any atom is -0.480 e. The Morgan fingerprint density at radius 2 is 2.00 bits per heavy atom. The molecule has 2 N–H and O–H groups in total. The third-order valence-electron chi connectivity index (χ3n) is 2.71. The quantitative estimate of drug-likeness (QED) is 0.874. The van der Waals surface area contributed by atoms with Gasteiger partial charge in [-0.25, -0.2) is 9.78 Å². The molecule has 1 atom stereocenters. The van der Waals surface area contributed by atoms with E-state index in [1.807, 2.05) is 0 Å². The van der Waals surface area contributed by atoms with Crippen molar-refractivity contribution < 1.29 is 19.1 Å². The second kappa shape index (κ2) is 5.09. The third-order valence-corrected chi connectivity index (χ3v) is 2.71. The van der Waals surface area contributed by atoms with Crippen molar-refractivity contribution in [3.8, 4) is 0 Å². The lowest BCUT2D eigenvalue weighted by molar-refractivity contribution is -0.140. The van der Waals surface area contributed by atoms with Crippen LogP contribution in [0.25, 0.3) is 11.1 Å². The van der Waals surface area contributed by atoms with E-state index in [4.69, 9.17) is 9.52 Å². The van der Waals surface area contributed by atoms with Crippen LogP contribution < -0.4 is 5.32 Å². The largest absolute Gasteiger partial charge is 0.480 e. The first kappa shape index (κ1) is 13.1. The lowest BCUT2D eigenvalue weighted by atomic mass is 10.1. The molecule has 0 fully saturated rings. The van der Waals surface area contributed by atoms with Crippen molar-refractivity contribution in [1.82, 2.24) is 10.3 Å². The highest BCUT2D eigenvalue weighted by Gasteiger charge is 2.26. The molecule has 0 bridgehead atoms. The number of fused-ring (bicyclic) bond motifs is 1. The van der Waals surface area contributed by atoms with Crippen LogP contribution in [0.15, 0.2) is 28.7 Å². The summed E-state index contributed by atoms with van der Waals surface area (Å²) >= 11 is 0. The molecule has 0 aliphatic rings. The lowest BCUT2D eigenvalue weighted by Gasteiger charge is -2.16. The van der Waals surface area contributed by atoms with Crippen LogP contribution in [0.5, 0.6) is 0 Å². The molecule has 1 unspecified atom stereocenters. The van der Waals surface area contributed by atoms with Crippen molar-refractivity contribution in [2.75, 3.05) is 0 Å². The Morgan fingerprint density at radius 3 is 2.58 bits per heavy atom. The number of carbonyl (C=O) groups is 2. The zero-order valence-corrected chi connectivity index (χ0v) is 10.6. The molecule has 1 aromatic carbocycles. The highest BCUT2D eigenvalue weighted by molar-refractivity contribution is 5.94. The maximum atomic E-state index is 11.9. The highest BCUT2D eigenvalue weighted by atomic mass is 16.4. The molecule has 0 radical (unpaired) electrons. The predicted molar refractivity (Wildman–Crippen MR) is 67.7 cm³/mol. The monoisotopic (exact) mass is 262 g/mol. The van der Waals surface area contributed by atoms with E-state index in [0.717, 1.165) is 0 Å². The summed E-state index contributed by atoms with van der Waals surface area (Å²) in [5.41, 5.74) is 1.05. The highest BCUT2D eigenvalue weighted by Crippen LogP contribution is 2.15. The first-order chi connectivity index (χ1) is 8.99. The summed E-state index contributed by atoms with van der Waals surface area (Å²) in [6, 6.07) is 5.98. The zero-order chi connectivity index (χ0) is 14.0. The molecule has 0 spiro atoms. The van der Waals surface area contributed by atoms with E-state index >= 15 is 0 Å². The number of para-hydroxylation sites is 2. The maximum Gasteiger partial charge on any atom is 0.326 e. The number of oxazole rings is 1. The Labute approximate surface area is 109 Å². The lowest BCUT2D eigenvalue weighted by Crippen LogP contribution is -2.44. The van der Waals surface area contributed by atoms with Gasteiger partial charge in [0.2, 0.25) is 0 Å². The molecule has 1 heterocycles. The van der Waals surface area contributed by atoms with Gasteiger partial charge in [0.05, 0.1) is 0 Å². The molecule has 1 amide bonds. The van der Waals surface area contributed by atoms with Crippen molar-refractivity contribution in [3.05, 3.63) is 30.2 Å². The van der Waals surface area contributed by atoms with E-state index in [2.05, 4.69) is 10.3 Å². The molecule has 6 nitrogen and oxygen atoms in total. The number of aromatic nitrogens is 1. The van der Waals surface area contributed by atoms with Crippen molar-refractivity contribution in [2.24, 2.45) is 5.92 Å². The van der Waals surface area contributed by atoms with Gasteiger partial charge in [-0.15, -0.1) is 0 Å². The number of carboxylic acid groups (broad SMARTS) is 1. The number of nitrogens with one attached hydrogen (secondary N) is 1. The summed E-state index contributed by atoms with van der Waals surface area (Å²) in [5, 5.41) is 11.4. The molecule has 0 aliphatic carbocycles. The summed E-state index contributed by atoms with van der Waals surface area (Å²) < 4.78 is 5.27. The molecule has 2 rings (SSSR count). The smallest absolute Gasteiger partial charge is 0.326 e. The molecule has 1 aromatic heterocycles. The molecular weight excluding hydrogens is 248 g/mol. The van der Waals surface area contributed by atoms with Crippen LogP contribution in [-0.4, -0.2) is 28.0 Å². The molecule has 19 heavy (non-hydrogen) atoms. The second-order valence-corrected chi connectivity index (χ2v) is 4.52. The van der Waals surface area contributed by atoms with E-state index in [-0.39, 0.29) is 11.8 Å². The van der Waals surface area contributed by atoms with Gasteiger partial charge in [0.1, 0.15) is 11.6 Å². The fourth-order valence-electron chi connectivity index (χ4n) is 1.69. The van der Waals surface area contributed by atoms with E-state index in [1.165, 1.54) is 0 Å². The topological polar surface area (TPSA) is 92.4 Å². The SMILES string of the molecule is CC(C)C(NC(=O)c1nc2ccccc2o1)C(=O)O. The number of aliphatic carboxylic acids is 1. The first-order valence-electron chi connectivity index (χ1n) is 5.88. The number of hydrogen-bond donors (Lipinski definition) is 2. The molecule has 100 valence electrons. The van der Waals surface area contributed by atoms with Gasteiger partial charge in [0.25, 0.3) is 5.89 Å². The van der Waals surface area contributed by atoms with Gasteiger partial charge in [-0.2, -0.15) is 0 Å². The minimum atomic E-state index is -1.08. The van der Waals surface area contributed by atoms with Crippen molar-refractivity contribution in [3.63, 3.8) is 0 Å². The van der Waals surface area contributed by atoms with E-state index in [0.29, 0.717) is 11.1 Å². The number of carboxylic acids is 1. The van der Waals surface area contributed by atoms with Gasteiger partial charge in [-0.1, -0.05) is 26.0 Å². The summed E-state index contributed by atoms with van der Waals surface area (Å²) in [4.78, 5) is 26.9. The summed E-state index contributed by atoms with van der Waals surface area (Å²) in [6.45, 7) is 3.43. The van der Waals surface area contributed by atoms with Gasteiger partial charge in [0.15, 0.2) is 5.58 Å². The van der Waals surface area contributed by atoms with Crippen molar-refractivity contribution in [1.29, 1.82) is 0 Å². The summed E-state index contributed by atoms with van der Waals surface area (Å²) in [5.74, 6) is -2.07. The van der Waals surface area contributed by atoms with E-state index < -0.39 is 17.9 Å². The fraction of sp³-hybridized carbons (Fsp3) is 0.308. The van der Waals surface area contributed by atoms with Gasteiger partial charge in [0, 0.05) is 0 Å². The maximum absolute atomic E-state index is 11.9. The summed E-state index contributed by atoms with van der Waals surface area (Å²) in [7, 11) is 0. The van der Waals surface area contributed by atoms with Crippen LogP contribution in [0.1, 0.15) is 24.5 Å². The number of hydrogen-bond acceptors (Lipinski definition) is 4. The van der Waals surface area contributed by atoms with Gasteiger partial charge < -0.3 is 14.8 Å². The predicted octanol–water partition coefficient (Wildman–Crippen LogP) is 1.67.